The number of aldehydes is 1. The van der Waals surface area contributed by atoms with Gasteiger partial charge in [0.25, 0.3) is 5.91 Å². The highest BCUT2D eigenvalue weighted by atomic mass is 35.5. The zero-order valence-corrected chi connectivity index (χ0v) is 17.0. The highest BCUT2D eigenvalue weighted by molar-refractivity contribution is 6.30. The molecule has 3 rings (SSSR count). The zero-order chi connectivity index (χ0) is 23.5. The Morgan fingerprint density at radius 2 is 2.06 bits per heavy atom. The molecule has 1 aliphatic heterocycles. The maximum Gasteiger partial charge on any atom is 0.434 e. The first-order valence-corrected chi connectivity index (χ1v) is 9.13. The van der Waals surface area contributed by atoms with Crippen molar-refractivity contribution < 1.29 is 32.2 Å². The van der Waals surface area contributed by atoms with Crippen LogP contribution in [0, 0.1) is 11.3 Å². The lowest BCUT2D eigenvalue weighted by Crippen LogP contribution is -2.49. The van der Waals surface area contributed by atoms with Crippen LogP contribution < -0.4 is 14.8 Å². The van der Waals surface area contributed by atoms with Gasteiger partial charge in [0.2, 0.25) is 11.6 Å². The van der Waals surface area contributed by atoms with Crippen molar-refractivity contribution in [2.24, 2.45) is 0 Å². The quantitative estimate of drug-likeness (QED) is 0.644. The Hall–Kier alpha value is -3.85. The number of hydrogen-bond acceptors (Lipinski definition) is 8. The second-order valence-electron chi connectivity index (χ2n) is 6.35. The van der Waals surface area contributed by atoms with Gasteiger partial charge >= 0.3 is 6.18 Å². The van der Waals surface area contributed by atoms with Gasteiger partial charge in [-0.3, -0.25) is 9.59 Å². The molecule has 1 aliphatic rings. The van der Waals surface area contributed by atoms with Crippen molar-refractivity contribution in [3.8, 4) is 17.7 Å². The SMILES string of the molecule is COc1nnc(C=O)cc1CN1CNC(C(F)(F)F)=C(Oc2cc(Cl)cc(C#N)c2)C1=O. The Labute approximate surface area is 184 Å². The number of amides is 1. The largest absolute Gasteiger partial charge is 0.480 e. The average molecular weight is 468 g/mol. The summed E-state index contributed by atoms with van der Waals surface area (Å²) in [5.74, 6) is -2.37. The number of benzene rings is 1. The predicted octanol–water partition coefficient (Wildman–Crippen LogP) is 2.56. The molecule has 2 aromatic rings. The Balaban J connectivity index is 1.98. The van der Waals surface area contributed by atoms with Crippen molar-refractivity contribution in [2.45, 2.75) is 12.7 Å². The zero-order valence-electron chi connectivity index (χ0n) is 16.2. The van der Waals surface area contributed by atoms with Crippen molar-refractivity contribution in [3.05, 3.63) is 57.6 Å². The second kappa shape index (κ2) is 9.11. The molecule has 13 heteroatoms. The molecule has 0 aliphatic carbocycles. The Morgan fingerprint density at radius 3 is 2.69 bits per heavy atom. The van der Waals surface area contributed by atoms with Crippen molar-refractivity contribution in [2.75, 3.05) is 13.8 Å². The normalized spacial score (nSPS) is 14.0. The number of methoxy groups -OCH3 is 1. The summed E-state index contributed by atoms with van der Waals surface area (Å²) in [5, 5.41) is 18.5. The van der Waals surface area contributed by atoms with Gasteiger partial charge in [-0.25, -0.2) is 0 Å². The molecule has 32 heavy (non-hydrogen) atoms. The lowest BCUT2D eigenvalue weighted by molar-refractivity contribution is -0.137. The Morgan fingerprint density at radius 1 is 1.31 bits per heavy atom. The van der Waals surface area contributed by atoms with Crippen LogP contribution in [0.3, 0.4) is 0 Å². The molecule has 0 radical (unpaired) electrons. The number of nitrogens with one attached hydrogen (secondary N) is 1. The van der Waals surface area contributed by atoms with E-state index in [-0.39, 0.29) is 40.0 Å². The Bertz CT molecular complexity index is 1150. The first kappa shape index (κ1) is 22.8. The number of hydrogen-bond donors (Lipinski definition) is 1. The van der Waals surface area contributed by atoms with Crippen LogP contribution in [0.5, 0.6) is 11.6 Å². The fourth-order valence-electron chi connectivity index (χ4n) is 2.82. The first-order valence-electron chi connectivity index (χ1n) is 8.75. The molecule has 1 N–H and O–H groups in total. The molecule has 1 amide bonds. The van der Waals surface area contributed by atoms with E-state index < -0.39 is 30.2 Å². The minimum atomic E-state index is -4.92. The number of carbonyl (C=O) groups is 2. The summed E-state index contributed by atoms with van der Waals surface area (Å²) >= 11 is 5.87. The maximum absolute atomic E-state index is 13.5. The van der Waals surface area contributed by atoms with Crippen LogP contribution in [0.25, 0.3) is 0 Å². The highest BCUT2D eigenvalue weighted by Gasteiger charge is 2.44. The van der Waals surface area contributed by atoms with Gasteiger partial charge in [0.05, 0.1) is 32.0 Å². The van der Waals surface area contributed by atoms with E-state index in [0.29, 0.717) is 6.29 Å². The van der Waals surface area contributed by atoms with Crippen LogP contribution in [0.15, 0.2) is 35.7 Å². The minimum absolute atomic E-state index is 0.00929. The van der Waals surface area contributed by atoms with E-state index in [2.05, 4.69) is 15.5 Å². The van der Waals surface area contributed by atoms with E-state index in [4.69, 9.17) is 26.3 Å². The van der Waals surface area contributed by atoms with Gasteiger partial charge in [0.15, 0.2) is 12.0 Å². The summed E-state index contributed by atoms with van der Waals surface area (Å²) in [7, 11) is 1.28. The van der Waals surface area contributed by atoms with Crippen LogP contribution in [0.1, 0.15) is 21.6 Å². The van der Waals surface area contributed by atoms with Gasteiger partial charge in [0.1, 0.15) is 11.4 Å². The van der Waals surface area contributed by atoms with Crippen LogP contribution in [-0.4, -0.2) is 47.2 Å². The first-order chi connectivity index (χ1) is 15.2. The number of aromatic nitrogens is 2. The molecule has 0 spiro atoms. The average Bonchev–Trinajstić information content (AvgIpc) is 2.75. The maximum atomic E-state index is 13.5. The van der Waals surface area contributed by atoms with Crippen molar-refractivity contribution in [1.82, 2.24) is 20.4 Å². The van der Waals surface area contributed by atoms with E-state index >= 15 is 0 Å². The van der Waals surface area contributed by atoms with Crippen LogP contribution >= 0.6 is 11.6 Å². The van der Waals surface area contributed by atoms with Crippen molar-refractivity contribution >= 4 is 23.8 Å². The summed E-state index contributed by atoms with van der Waals surface area (Å²) < 4.78 is 50.9. The number of rotatable bonds is 6. The molecule has 0 saturated heterocycles. The molecular formula is C19H13ClF3N5O4. The summed E-state index contributed by atoms with van der Waals surface area (Å²) in [5.41, 5.74) is -1.16. The van der Waals surface area contributed by atoms with E-state index in [1.807, 2.05) is 0 Å². The molecular weight excluding hydrogens is 455 g/mol. The van der Waals surface area contributed by atoms with Gasteiger partial charge in [-0.2, -0.15) is 18.4 Å². The lowest BCUT2D eigenvalue weighted by atomic mass is 10.2. The molecule has 0 atom stereocenters. The summed E-state index contributed by atoms with van der Waals surface area (Å²) in [4.78, 5) is 24.9. The van der Waals surface area contributed by atoms with Gasteiger partial charge in [-0.1, -0.05) is 11.6 Å². The van der Waals surface area contributed by atoms with Gasteiger partial charge in [-0.05, 0) is 24.3 Å². The minimum Gasteiger partial charge on any atom is -0.480 e. The smallest absolute Gasteiger partial charge is 0.434 e. The number of halogens is 4. The predicted molar refractivity (Wildman–Crippen MR) is 102 cm³/mol. The van der Waals surface area contributed by atoms with Crippen molar-refractivity contribution in [1.29, 1.82) is 5.26 Å². The van der Waals surface area contributed by atoms with E-state index in [1.165, 1.54) is 25.3 Å². The fourth-order valence-corrected chi connectivity index (χ4v) is 3.04. The fraction of sp³-hybridized carbons (Fsp3) is 0.211. The second-order valence-corrected chi connectivity index (χ2v) is 6.79. The molecule has 166 valence electrons. The standard InChI is InChI=1S/C19H13ClF3N5O4/c1-31-17-11(4-13(8-29)26-27-17)7-28-9-25-16(19(21,22)23)15(18(28)30)32-14-3-10(6-24)2-12(20)5-14/h2-5,8,25H,7,9H2,1H3. The van der Waals surface area contributed by atoms with E-state index in [1.54, 1.807) is 6.07 Å². The molecule has 1 aromatic carbocycles. The third-order valence-corrected chi connectivity index (χ3v) is 4.41. The molecule has 0 saturated carbocycles. The highest BCUT2D eigenvalue weighted by Crippen LogP contribution is 2.32. The molecule has 1 aromatic heterocycles. The third kappa shape index (κ3) is 4.89. The Kier molecular flexibility index (Phi) is 6.50. The molecule has 2 heterocycles. The molecule has 0 unspecified atom stereocenters. The number of ether oxygens (including phenoxy) is 2. The molecule has 9 nitrogen and oxygen atoms in total. The summed E-state index contributed by atoms with van der Waals surface area (Å²) in [6.45, 7) is -0.774. The van der Waals surface area contributed by atoms with E-state index in [9.17, 15) is 22.8 Å². The monoisotopic (exact) mass is 467 g/mol. The topological polar surface area (TPSA) is 117 Å². The van der Waals surface area contributed by atoms with Gasteiger partial charge in [0, 0.05) is 10.6 Å². The molecule has 0 bridgehead atoms. The van der Waals surface area contributed by atoms with Gasteiger partial charge < -0.3 is 19.7 Å². The number of allylic oxidation sites excluding steroid dienone is 1. The summed E-state index contributed by atoms with van der Waals surface area (Å²) in [6, 6.07) is 6.69. The number of carbonyl (C=O) groups excluding carboxylic acids is 2. The van der Waals surface area contributed by atoms with Crippen LogP contribution in [0.4, 0.5) is 13.2 Å². The number of nitriles is 1. The lowest BCUT2D eigenvalue weighted by Gasteiger charge is -2.32. The van der Waals surface area contributed by atoms with Crippen LogP contribution in [-0.2, 0) is 11.3 Å². The summed E-state index contributed by atoms with van der Waals surface area (Å²) in [6.07, 6.45) is -4.50. The van der Waals surface area contributed by atoms with E-state index in [0.717, 1.165) is 11.0 Å². The number of alkyl halides is 3. The third-order valence-electron chi connectivity index (χ3n) is 4.19. The number of nitrogens with zero attached hydrogens (tertiary/aromatic N) is 4. The van der Waals surface area contributed by atoms with Crippen molar-refractivity contribution in [3.63, 3.8) is 0 Å². The van der Waals surface area contributed by atoms with Crippen LogP contribution in [0.2, 0.25) is 5.02 Å². The molecule has 0 fully saturated rings. The van der Waals surface area contributed by atoms with Gasteiger partial charge in [-0.15, -0.1) is 10.2 Å².